The predicted molar refractivity (Wildman–Crippen MR) is 81.8 cm³/mol. The van der Waals surface area contributed by atoms with Crippen molar-refractivity contribution in [3.05, 3.63) is 23.5 Å². The van der Waals surface area contributed by atoms with Crippen LogP contribution in [0.5, 0.6) is 0 Å². The SMILES string of the molecule is Cc1ncc(S(=O)(=O)N2CC(=O)NC3CCCCC32)cc1C#N. The number of nitrogens with one attached hydrogen (secondary N) is 1. The molecule has 3 rings (SSSR count). The number of nitriles is 1. The molecule has 1 saturated carbocycles. The average Bonchev–Trinajstić information content (AvgIpc) is 2.54. The number of hydrogen-bond acceptors (Lipinski definition) is 5. The summed E-state index contributed by atoms with van der Waals surface area (Å²) in [5.41, 5.74) is 0.714. The van der Waals surface area contributed by atoms with E-state index in [-0.39, 0.29) is 35.0 Å². The van der Waals surface area contributed by atoms with Crippen molar-refractivity contribution in [2.75, 3.05) is 6.54 Å². The number of aryl methyl sites for hydroxylation is 1. The summed E-state index contributed by atoms with van der Waals surface area (Å²) < 4.78 is 27.2. The highest BCUT2D eigenvalue weighted by Crippen LogP contribution is 2.30. The van der Waals surface area contributed by atoms with Gasteiger partial charge in [-0.2, -0.15) is 9.57 Å². The molecule has 1 aromatic rings. The van der Waals surface area contributed by atoms with Gasteiger partial charge in [0.2, 0.25) is 15.9 Å². The van der Waals surface area contributed by atoms with Crippen LogP contribution in [0, 0.1) is 18.3 Å². The topological polar surface area (TPSA) is 103 Å². The van der Waals surface area contributed by atoms with Gasteiger partial charge in [0.15, 0.2) is 0 Å². The maximum Gasteiger partial charge on any atom is 0.245 e. The van der Waals surface area contributed by atoms with Crippen molar-refractivity contribution >= 4 is 15.9 Å². The number of carbonyl (C=O) groups excluding carboxylic acids is 1. The molecule has 7 nitrogen and oxygen atoms in total. The Kier molecular flexibility index (Phi) is 4.08. The minimum absolute atomic E-state index is 0.0290. The van der Waals surface area contributed by atoms with Gasteiger partial charge in [-0.15, -0.1) is 0 Å². The van der Waals surface area contributed by atoms with Crippen LogP contribution >= 0.6 is 0 Å². The van der Waals surface area contributed by atoms with Gasteiger partial charge in [-0.1, -0.05) is 12.8 Å². The molecule has 1 aliphatic heterocycles. The highest BCUT2D eigenvalue weighted by molar-refractivity contribution is 7.89. The summed E-state index contributed by atoms with van der Waals surface area (Å²) in [5.74, 6) is -0.280. The van der Waals surface area contributed by atoms with Crippen LogP contribution < -0.4 is 5.32 Å². The van der Waals surface area contributed by atoms with Crippen molar-refractivity contribution in [2.45, 2.75) is 49.6 Å². The van der Waals surface area contributed by atoms with Gasteiger partial charge in [0.25, 0.3) is 0 Å². The summed E-state index contributed by atoms with van der Waals surface area (Å²) in [6.45, 7) is 1.47. The van der Waals surface area contributed by atoms with Crippen molar-refractivity contribution in [1.29, 1.82) is 5.26 Å². The third-order valence-corrected chi connectivity index (χ3v) is 6.37. The molecule has 1 N–H and O–H groups in total. The number of amides is 1. The number of piperazine rings is 1. The summed E-state index contributed by atoms with van der Waals surface area (Å²) in [5, 5.41) is 12.0. The molecule has 0 spiro atoms. The van der Waals surface area contributed by atoms with E-state index in [1.165, 1.54) is 16.6 Å². The van der Waals surface area contributed by atoms with E-state index in [2.05, 4.69) is 10.3 Å². The number of sulfonamides is 1. The first-order valence-corrected chi connectivity index (χ1v) is 9.05. The number of aromatic nitrogens is 1. The number of rotatable bonds is 2. The summed E-state index contributed by atoms with van der Waals surface area (Å²) >= 11 is 0. The first-order valence-electron chi connectivity index (χ1n) is 7.61. The smallest absolute Gasteiger partial charge is 0.245 e. The quantitative estimate of drug-likeness (QED) is 0.857. The largest absolute Gasteiger partial charge is 0.351 e. The molecule has 1 aliphatic carbocycles. The third kappa shape index (κ3) is 2.82. The van der Waals surface area contributed by atoms with Gasteiger partial charge in [0.05, 0.1) is 17.8 Å². The van der Waals surface area contributed by atoms with Gasteiger partial charge in [-0.05, 0) is 25.8 Å². The first-order chi connectivity index (χ1) is 10.9. The Bertz CT molecular complexity index is 784. The van der Waals surface area contributed by atoms with E-state index in [1.807, 2.05) is 6.07 Å². The standard InChI is InChI=1S/C15H18N4O3S/c1-10-11(7-16)6-12(8-17-10)23(21,22)19-9-15(20)18-13-4-2-3-5-14(13)19/h6,8,13-14H,2-5,9H2,1H3,(H,18,20). The molecular weight excluding hydrogens is 316 g/mol. The van der Waals surface area contributed by atoms with E-state index in [4.69, 9.17) is 5.26 Å². The summed E-state index contributed by atoms with van der Waals surface area (Å²) in [6, 6.07) is 2.93. The number of carbonyl (C=O) groups is 1. The predicted octanol–water partition coefficient (Wildman–Crippen LogP) is 0.693. The van der Waals surface area contributed by atoms with E-state index < -0.39 is 10.0 Å². The lowest BCUT2D eigenvalue weighted by atomic mass is 9.89. The molecule has 122 valence electrons. The molecule has 2 unspecified atom stereocenters. The van der Waals surface area contributed by atoms with Crippen molar-refractivity contribution in [2.24, 2.45) is 0 Å². The second-order valence-electron chi connectivity index (χ2n) is 5.99. The van der Waals surface area contributed by atoms with Gasteiger partial charge in [-0.3, -0.25) is 9.78 Å². The van der Waals surface area contributed by atoms with E-state index in [0.717, 1.165) is 25.7 Å². The summed E-state index contributed by atoms with van der Waals surface area (Å²) in [7, 11) is -3.86. The highest BCUT2D eigenvalue weighted by Gasteiger charge is 2.42. The highest BCUT2D eigenvalue weighted by atomic mass is 32.2. The lowest BCUT2D eigenvalue weighted by Gasteiger charge is -2.42. The number of pyridine rings is 1. The molecule has 1 saturated heterocycles. The maximum atomic E-state index is 13.0. The molecule has 0 radical (unpaired) electrons. The van der Waals surface area contributed by atoms with Crippen LogP contribution in [-0.2, 0) is 14.8 Å². The normalized spacial score (nSPS) is 25.3. The molecule has 2 atom stereocenters. The number of hydrogen-bond donors (Lipinski definition) is 1. The molecule has 1 aromatic heterocycles. The second-order valence-corrected chi connectivity index (χ2v) is 7.88. The fourth-order valence-corrected chi connectivity index (χ4v) is 4.92. The zero-order chi connectivity index (χ0) is 16.6. The number of fused-ring (bicyclic) bond motifs is 1. The van der Waals surface area contributed by atoms with Crippen molar-refractivity contribution in [3.8, 4) is 6.07 Å². The Balaban J connectivity index is 2.00. The van der Waals surface area contributed by atoms with Crippen LogP contribution in [0.15, 0.2) is 17.2 Å². The van der Waals surface area contributed by atoms with Gasteiger partial charge < -0.3 is 5.32 Å². The van der Waals surface area contributed by atoms with Crippen LogP contribution in [0.1, 0.15) is 36.9 Å². The van der Waals surface area contributed by atoms with E-state index in [1.54, 1.807) is 6.92 Å². The van der Waals surface area contributed by atoms with Gasteiger partial charge in [0, 0.05) is 18.3 Å². The molecule has 8 heteroatoms. The van der Waals surface area contributed by atoms with E-state index in [0.29, 0.717) is 5.69 Å². The minimum atomic E-state index is -3.86. The lowest BCUT2D eigenvalue weighted by Crippen LogP contribution is -2.62. The summed E-state index contributed by atoms with van der Waals surface area (Å²) in [4.78, 5) is 15.9. The molecule has 2 fully saturated rings. The fraction of sp³-hybridized carbons (Fsp3) is 0.533. The Morgan fingerprint density at radius 1 is 1.39 bits per heavy atom. The lowest BCUT2D eigenvalue weighted by molar-refractivity contribution is -0.125. The summed E-state index contributed by atoms with van der Waals surface area (Å²) in [6.07, 6.45) is 4.71. The number of nitrogens with zero attached hydrogens (tertiary/aromatic N) is 3. The van der Waals surface area contributed by atoms with Gasteiger partial charge in [0.1, 0.15) is 11.0 Å². The van der Waals surface area contributed by atoms with Crippen LogP contribution in [0.3, 0.4) is 0 Å². The Morgan fingerprint density at radius 2 is 2.13 bits per heavy atom. The molecule has 23 heavy (non-hydrogen) atoms. The van der Waals surface area contributed by atoms with Crippen LogP contribution in [0.2, 0.25) is 0 Å². The second kappa shape index (κ2) is 5.91. The minimum Gasteiger partial charge on any atom is -0.351 e. The third-order valence-electron chi connectivity index (χ3n) is 4.53. The average molecular weight is 334 g/mol. The zero-order valence-electron chi connectivity index (χ0n) is 12.8. The first kappa shape index (κ1) is 15.9. The van der Waals surface area contributed by atoms with E-state index >= 15 is 0 Å². The molecule has 2 heterocycles. The Labute approximate surface area is 135 Å². The maximum absolute atomic E-state index is 13.0. The van der Waals surface area contributed by atoms with Crippen molar-refractivity contribution < 1.29 is 13.2 Å². The van der Waals surface area contributed by atoms with Crippen molar-refractivity contribution in [3.63, 3.8) is 0 Å². The van der Waals surface area contributed by atoms with Crippen molar-refractivity contribution in [1.82, 2.24) is 14.6 Å². The molecule has 1 amide bonds. The molecule has 2 aliphatic rings. The molecular formula is C15H18N4O3S. The van der Waals surface area contributed by atoms with Gasteiger partial charge >= 0.3 is 0 Å². The fourth-order valence-electron chi connectivity index (χ4n) is 3.30. The van der Waals surface area contributed by atoms with Crippen LogP contribution in [-0.4, -0.2) is 42.2 Å². The van der Waals surface area contributed by atoms with Crippen LogP contribution in [0.4, 0.5) is 0 Å². The molecule has 0 aromatic carbocycles. The monoisotopic (exact) mass is 334 g/mol. The zero-order valence-corrected chi connectivity index (χ0v) is 13.6. The Hall–Kier alpha value is -1.98. The van der Waals surface area contributed by atoms with Gasteiger partial charge in [-0.25, -0.2) is 8.42 Å². The van der Waals surface area contributed by atoms with E-state index in [9.17, 15) is 13.2 Å². The molecule has 0 bridgehead atoms. The van der Waals surface area contributed by atoms with Crippen LogP contribution in [0.25, 0.3) is 0 Å². The Morgan fingerprint density at radius 3 is 2.87 bits per heavy atom.